The molecule has 19 heavy (non-hydrogen) atoms. The summed E-state index contributed by atoms with van der Waals surface area (Å²) in [5.41, 5.74) is 0. The standard InChI is InChI=1S/C8H10N4O6S/c1-11(7(13)17-5-3-4-9)6-10-19(15,16)12(2)8(14)18-6/h3,5H2,1-2H3. The van der Waals surface area contributed by atoms with Crippen molar-refractivity contribution in [3.05, 3.63) is 0 Å². The Bertz CT molecular complexity index is 562. The van der Waals surface area contributed by atoms with Gasteiger partial charge in [0.2, 0.25) is 0 Å². The molecule has 0 N–H and O–H groups in total. The van der Waals surface area contributed by atoms with E-state index >= 15 is 0 Å². The molecule has 1 aliphatic rings. The molecule has 1 heterocycles. The summed E-state index contributed by atoms with van der Waals surface area (Å²) < 4.78 is 35.4. The van der Waals surface area contributed by atoms with Crippen LogP contribution in [-0.4, -0.2) is 56.5 Å². The molecule has 0 aromatic rings. The van der Waals surface area contributed by atoms with E-state index in [4.69, 9.17) is 5.26 Å². The molecular formula is C8H10N4O6S. The monoisotopic (exact) mass is 290 g/mol. The zero-order valence-corrected chi connectivity index (χ0v) is 10.9. The molecule has 1 rings (SSSR count). The smallest absolute Gasteiger partial charge is 0.432 e. The average Bonchev–Trinajstić information content (AvgIpc) is 2.34. The van der Waals surface area contributed by atoms with Gasteiger partial charge in [0.15, 0.2) is 0 Å². The summed E-state index contributed by atoms with van der Waals surface area (Å²) in [5, 5.41) is 8.27. The molecule has 0 bridgehead atoms. The van der Waals surface area contributed by atoms with Crippen LogP contribution in [0.25, 0.3) is 0 Å². The number of amides is 2. The van der Waals surface area contributed by atoms with Gasteiger partial charge < -0.3 is 9.47 Å². The molecule has 0 aromatic carbocycles. The Kier molecular flexibility index (Phi) is 4.28. The molecule has 0 unspecified atom stereocenters. The van der Waals surface area contributed by atoms with E-state index < -0.39 is 28.4 Å². The summed E-state index contributed by atoms with van der Waals surface area (Å²) in [5.74, 6) is 0. The van der Waals surface area contributed by atoms with Gasteiger partial charge in [0.1, 0.15) is 6.61 Å². The first-order valence-electron chi connectivity index (χ1n) is 4.87. The zero-order valence-electron chi connectivity index (χ0n) is 10.1. The predicted octanol–water partition coefficient (Wildman–Crippen LogP) is -0.349. The lowest BCUT2D eigenvalue weighted by molar-refractivity contribution is 0.121. The van der Waals surface area contributed by atoms with Gasteiger partial charge in [-0.3, -0.25) is 0 Å². The minimum atomic E-state index is -4.22. The molecule has 0 fully saturated rings. The summed E-state index contributed by atoms with van der Waals surface area (Å²) >= 11 is 0. The molecule has 10 nitrogen and oxygen atoms in total. The van der Waals surface area contributed by atoms with E-state index in [1.807, 2.05) is 0 Å². The summed E-state index contributed by atoms with van der Waals surface area (Å²) in [6, 6.07) is 1.04. The second-order valence-electron chi connectivity index (χ2n) is 3.27. The first kappa shape index (κ1) is 14.7. The van der Waals surface area contributed by atoms with E-state index in [1.165, 1.54) is 0 Å². The average molecular weight is 290 g/mol. The normalized spacial score (nSPS) is 17.0. The lowest BCUT2D eigenvalue weighted by atomic mass is 10.5. The van der Waals surface area contributed by atoms with Gasteiger partial charge in [-0.05, 0) is 0 Å². The number of carbonyl (C=O) groups is 2. The van der Waals surface area contributed by atoms with E-state index in [2.05, 4.69) is 13.9 Å². The molecule has 0 aromatic heterocycles. The van der Waals surface area contributed by atoms with E-state index in [1.54, 1.807) is 6.07 Å². The second kappa shape index (κ2) is 5.53. The maximum absolute atomic E-state index is 11.4. The number of cyclic esters (lactones) is 1. The van der Waals surface area contributed by atoms with Gasteiger partial charge >= 0.3 is 28.4 Å². The Morgan fingerprint density at radius 1 is 1.63 bits per heavy atom. The highest BCUT2D eigenvalue weighted by molar-refractivity contribution is 7.88. The van der Waals surface area contributed by atoms with Crippen LogP contribution in [0.3, 0.4) is 0 Å². The van der Waals surface area contributed by atoms with Crippen molar-refractivity contribution in [3.8, 4) is 6.07 Å². The summed E-state index contributed by atoms with van der Waals surface area (Å²) in [7, 11) is -2.14. The van der Waals surface area contributed by atoms with Crippen LogP contribution in [0.15, 0.2) is 4.40 Å². The Morgan fingerprint density at radius 3 is 2.79 bits per heavy atom. The van der Waals surface area contributed by atoms with Gasteiger partial charge in [0.05, 0.1) is 12.5 Å². The van der Waals surface area contributed by atoms with Crippen molar-refractivity contribution in [3.63, 3.8) is 0 Å². The number of rotatable bonds is 2. The first-order valence-corrected chi connectivity index (χ1v) is 6.27. The number of nitrogens with zero attached hydrogens (tertiary/aromatic N) is 4. The second-order valence-corrected chi connectivity index (χ2v) is 4.89. The molecule has 11 heteroatoms. The van der Waals surface area contributed by atoms with Crippen LogP contribution in [0.4, 0.5) is 9.59 Å². The van der Waals surface area contributed by atoms with Crippen molar-refractivity contribution in [1.29, 1.82) is 5.26 Å². The number of carbonyl (C=O) groups excluding carboxylic acids is 2. The molecular weight excluding hydrogens is 280 g/mol. The number of nitriles is 1. The van der Waals surface area contributed by atoms with Gasteiger partial charge in [-0.2, -0.15) is 18.0 Å². The van der Waals surface area contributed by atoms with E-state index in [0.29, 0.717) is 4.90 Å². The first-order chi connectivity index (χ1) is 8.79. The molecule has 1 aliphatic heterocycles. The van der Waals surface area contributed by atoms with E-state index in [9.17, 15) is 18.0 Å². The van der Waals surface area contributed by atoms with Crippen molar-refractivity contribution >= 4 is 28.4 Å². The highest BCUT2D eigenvalue weighted by atomic mass is 32.2. The zero-order chi connectivity index (χ0) is 14.6. The van der Waals surface area contributed by atoms with Gasteiger partial charge in [-0.1, -0.05) is 4.40 Å². The van der Waals surface area contributed by atoms with E-state index in [-0.39, 0.29) is 17.3 Å². The molecule has 0 atom stereocenters. The van der Waals surface area contributed by atoms with Crippen molar-refractivity contribution in [2.45, 2.75) is 6.42 Å². The highest BCUT2D eigenvalue weighted by Gasteiger charge is 2.35. The Morgan fingerprint density at radius 2 is 2.26 bits per heavy atom. The molecule has 0 radical (unpaired) electrons. The van der Waals surface area contributed by atoms with Crippen LogP contribution in [0, 0.1) is 11.3 Å². The van der Waals surface area contributed by atoms with Gasteiger partial charge in [0.25, 0.3) is 0 Å². The molecule has 104 valence electrons. The van der Waals surface area contributed by atoms with Crippen LogP contribution < -0.4 is 0 Å². The lowest BCUT2D eigenvalue weighted by Gasteiger charge is -2.24. The third-order valence-electron chi connectivity index (χ3n) is 1.98. The summed E-state index contributed by atoms with van der Waals surface area (Å²) in [6.45, 7) is -0.173. The summed E-state index contributed by atoms with van der Waals surface area (Å²) in [6.07, 6.45) is -2.21. The SMILES string of the molecule is CN(C(=O)OCCC#N)C1=NS(=O)(=O)N(C)C(=O)O1. The Balaban J connectivity index is 2.83. The van der Waals surface area contributed by atoms with Crippen molar-refractivity contribution in [2.75, 3.05) is 20.7 Å². The van der Waals surface area contributed by atoms with Crippen molar-refractivity contribution in [1.82, 2.24) is 9.21 Å². The summed E-state index contributed by atoms with van der Waals surface area (Å²) in [4.78, 5) is 23.3. The van der Waals surface area contributed by atoms with Crippen LogP contribution in [-0.2, 0) is 19.7 Å². The van der Waals surface area contributed by atoms with Gasteiger partial charge in [-0.25, -0.2) is 14.5 Å². The maximum Gasteiger partial charge on any atom is 0.432 e. The minimum Gasteiger partial charge on any atom is -0.448 e. The van der Waals surface area contributed by atoms with Gasteiger partial charge in [0, 0.05) is 14.1 Å². The fraction of sp³-hybridized carbons (Fsp3) is 0.500. The third-order valence-corrected chi connectivity index (χ3v) is 3.20. The quantitative estimate of drug-likeness (QED) is 0.635. The lowest BCUT2D eigenvalue weighted by Crippen LogP contribution is -2.45. The highest BCUT2D eigenvalue weighted by Crippen LogP contribution is 2.12. The molecule has 0 aliphatic carbocycles. The molecule has 0 saturated carbocycles. The molecule has 0 spiro atoms. The fourth-order valence-electron chi connectivity index (χ4n) is 0.904. The topological polar surface area (TPSA) is 129 Å². The van der Waals surface area contributed by atoms with Crippen LogP contribution in [0.2, 0.25) is 0 Å². The number of hydrogen-bond acceptors (Lipinski definition) is 7. The largest absolute Gasteiger partial charge is 0.448 e. The number of hydrogen-bond donors (Lipinski definition) is 0. The minimum absolute atomic E-state index is 0.0210. The third kappa shape index (κ3) is 3.32. The van der Waals surface area contributed by atoms with E-state index in [0.717, 1.165) is 14.1 Å². The van der Waals surface area contributed by atoms with Crippen molar-refractivity contribution < 1.29 is 27.5 Å². The number of ether oxygens (including phenoxy) is 2. The Hall–Kier alpha value is -2.35. The van der Waals surface area contributed by atoms with Crippen LogP contribution in [0.1, 0.15) is 6.42 Å². The molecule has 0 saturated heterocycles. The van der Waals surface area contributed by atoms with Crippen LogP contribution in [0.5, 0.6) is 0 Å². The maximum atomic E-state index is 11.4. The van der Waals surface area contributed by atoms with Gasteiger partial charge in [-0.15, -0.1) is 0 Å². The number of amidine groups is 1. The van der Waals surface area contributed by atoms with Crippen molar-refractivity contribution in [2.24, 2.45) is 4.40 Å². The molecule has 2 amide bonds. The van der Waals surface area contributed by atoms with Crippen LogP contribution >= 0.6 is 0 Å². The fourth-order valence-corrected chi connectivity index (χ4v) is 1.61. The Labute approximate surface area is 109 Å². The predicted molar refractivity (Wildman–Crippen MR) is 59.9 cm³/mol.